The Balaban J connectivity index is 2.13. The largest absolute Gasteiger partial charge is 0.480 e. The zero-order valence-corrected chi connectivity index (χ0v) is 11.3. The third kappa shape index (κ3) is 2.77. The number of rotatable bonds is 3. The summed E-state index contributed by atoms with van der Waals surface area (Å²) in [5.41, 5.74) is 0.965. The number of nitrogens with zero attached hydrogens (tertiary/aromatic N) is 1. The zero-order chi connectivity index (χ0) is 12.4. The minimum Gasteiger partial charge on any atom is -0.480 e. The van der Waals surface area contributed by atoms with Crippen molar-refractivity contribution in [3.8, 4) is 0 Å². The van der Waals surface area contributed by atoms with Crippen LogP contribution in [-0.2, 0) is 16.1 Å². The van der Waals surface area contributed by atoms with Crippen LogP contribution in [0, 0.1) is 3.57 Å². The van der Waals surface area contributed by atoms with Crippen LogP contribution in [-0.4, -0.2) is 27.9 Å². The Hall–Kier alpha value is -1.11. The van der Waals surface area contributed by atoms with Gasteiger partial charge in [0.25, 0.3) is 0 Å². The monoisotopic (exact) mass is 345 g/mol. The van der Waals surface area contributed by atoms with E-state index in [0.717, 1.165) is 9.13 Å². The van der Waals surface area contributed by atoms with Crippen molar-refractivity contribution in [3.05, 3.63) is 33.4 Å². The number of benzene rings is 1. The van der Waals surface area contributed by atoms with E-state index in [1.54, 1.807) is 0 Å². The minimum atomic E-state index is -0.915. The van der Waals surface area contributed by atoms with E-state index in [4.69, 9.17) is 5.11 Å². The number of hydrogen-bond donors (Lipinski definition) is 1. The Labute approximate surface area is 113 Å². The molecule has 1 N–H and O–H groups in total. The van der Waals surface area contributed by atoms with Gasteiger partial charge >= 0.3 is 5.97 Å². The maximum absolute atomic E-state index is 11.6. The van der Waals surface area contributed by atoms with Crippen LogP contribution in [0.4, 0.5) is 0 Å². The maximum atomic E-state index is 11.6. The quantitative estimate of drug-likeness (QED) is 0.851. The van der Waals surface area contributed by atoms with E-state index in [1.165, 1.54) is 4.90 Å². The molecule has 0 radical (unpaired) electrons. The molecule has 1 unspecified atom stereocenters. The van der Waals surface area contributed by atoms with E-state index in [2.05, 4.69) is 22.6 Å². The first-order chi connectivity index (χ1) is 8.08. The van der Waals surface area contributed by atoms with Crippen molar-refractivity contribution in [1.82, 2.24) is 4.90 Å². The Morgan fingerprint density at radius 2 is 2.06 bits per heavy atom. The van der Waals surface area contributed by atoms with Crippen molar-refractivity contribution >= 4 is 34.5 Å². The van der Waals surface area contributed by atoms with Crippen LogP contribution in [0.15, 0.2) is 24.3 Å². The number of carboxylic acid groups (broad SMARTS) is 1. The molecule has 0 bridgehead atoms. The van der Waals surface area contributed by atoms with Gasteiger partial charge in [0.15, 0.2) is 0 Å². The first-order valence-electron chi connectivity index (χ1n) is 5.34. The molecule has 0 saturated carbocycles. The fourth-order valence-electron chi connectivity index (χ4n) is 1.98. The number of halogens is 1. The predicted molar refractivity (Wildman–Crippen MR) is 70.4 cm³/mol. The first-order valence-corrected chi connectivity index (χ1v) is 6.42. The number of amides is 1. The second kappa shape index (κ2) is 5.03. The highest BCUT2D eigenvalue weighted by Gasteiger charge is 2.35. The molecule has 90 valence electrons. The summed E-state index contributed by atoms with van der Waals surface area (Å²) in [6, 6.07) is 7.08. The molecule has 5 heteroatoms. The number of carbonyl (C=O) groups is 2. The van der Waals surface area contributed by atoms with Crippen molar-refractivity contribution in [2.45, 2.75) is 25.4 Å². The van der Waals surface area contributed by atoms with Gasteiger partial charge in [-0.3, -0.25) is 4.79 Å². The van der Waals surface area contributed by atoms with E-state index in [1.807, 2.05) is 24.3 Å². The van der Waals surface area contributed by atoms with Gasteiger partial charge in [-0.2, -0.15) is 0 Å². The van der Waals surface area contributed by atoms with Crippen LogP contribution in [0.2, 0.25) is 0 Å². The number of carbonyl (C=O) groups excluding carboxylic acids is 1. The highest BCUT2D eigenvalue weighted by molar-refractivity contribution is 14.1. The fraction of sp³-hybridized carbons (Fsp3) is 0.333. The molecule has 1 heterocycles. The summed E-state index contributed by atoms with van der Waals surface area (Å²) in [5.74, 6) is -0.989. The Bertz CT molecular complexity index is 444. The molecule has 0 aliphatic carbocycles. The van der Waals surface area contributed by atoms with Gasteiger partial charge in [-0.1, -0.05) is 12.1 Å². The highest BCUT2D eigenvalue weighted by atomic mass is 127. The summed E-state index contributed by atoms with van der Waals surface area (Å²) >= 11 is 2.21. The van der Waals surface area contributed by atoms with E-state index in [0.29, 0.717) is 19.4 Å². The molecule has 17 heavy (non-hydrogen) atoms. The van der Waals surface area contributed by atoms with Gasteiger partial charge in [0.1, 0.15) is 6.04 Å². The molecular weight excluding hydrogens is 333 g/mol. The molecule has 1 saturated heterocycles. The van der Waals surface area contributed by atoms with Crippen molar-refractivity contribution in [1.29, 1.82) is 0 Å². The van der Waals surface area contributed by atoms with Gasteiger partial charge in [-0.05, 0) is 46.7 Å². The molecule has 1 aliphatic rings. The average Bonchev–Trinajstić information content (AvgIpc) is 2.64. The lowest BCUT2D eigenvalue weighted by molar-refractivity contribution is -0.146. The van der Waals surface area contributed by atoms with E-state index >= 15 is 0 Å². The van der Waals surface area contributed by atoms with Crippen LogP contribution in [0.5, 0.6) is 0 Å². The summed E-state index contributed by atoms with van der Waals surface area (Å²) in [6.07, 6.45) is 0.750. The molecule has 4 nitrogen and oxygen atoms in total. The lowest BCUT2D eigenvalue weighted by atomic mass is 10.2. The Morgan fingerprint density at radius 1 is 1.41 bits per heavy atom. The topological polar surface area (TPSA) is 57.6 Å². The van der Waals surface area contributed by atoms with Gasteiger partial charge in [-0.15, -0.1) is 0 Å². The van der Waals surface area contributed by atoms with Crippen molar-refractivity contribution < 1.29 is 14.7 Å². The molecule has 0 spiro atoms. The second-order valence-electron chi connectivity index (χ2n) is 4.04. The van der Waals surface area contributed by atoms with Gasteiger partial charge in [-0.25, -0.2) is 4.79 Å². The van der Waals surface area contributed by atoms with Crippen molar-refractivity contribution in [2.75, 3.05) is 0 Å². The van der Waals surface area contributed by atoms with Gasteiger partial charge < -0.3 is 10.0 Å². The molecular formula is C12H12INO3. The molecule has 2 rings (SSSR count). The standard InChI is InChI=1S/C12H12INO3/c13-9-3-1-8(2-4-9)7-14-10(12(16)17)5-6-11(14)15/h1-4,10H,5-7H2,(H,16,17). The third-order valence-electron chi connectivity index (χ3n) is 2.88. The molecule has 1 aliphatic heterocycles. The van der Waals surface area contributed by atoms with Crippen LogP contribution >= 0.6 is 22.6 Å². The van der Waals surface area contributed by atoms with Crippen LogP contribution in [0.3, 0.4) is 0 Å². The zero-order valence-electron chi connectivity index (χ0n) is 9.10. The fourth-order valence-corrected chi connectivity index (χ4v) is 2.33. The number of carboxylic acids is 1. The smallest absolute Gasteiger partial charge is 0.326 e. The van der Waals surface area contributed by atoms with E-state index < -0.39 is 12.0 Å². The van der Waals surface area contributed by atoms with E-state index in [9.17, 15) is 9.59 Å². The summed E-state index contributed by atoms with van der Waals surface area (Å²) < 4.78 is 1.12. The number of likely N-dealkylation sites (tertiary alicyclic amines) is 1. The minimum absolute atomic E-state index is 0.0732. The Kier molecular flexibility index (Phi) is 3.66. The van der Waals surface area contributed by atoms with Gasteiger partial charge in [0, 0.05) is 16.5 Å². The van der Waals surface area contributed by atoms with Gasteiger partial charge in [0.2, 0.25) is 5.91 Å². The summed E-state index contributed by atoms with van der Waals surface area (Å²) in [5, 5.41) is 9.03. The summed E-state index contributed by atoms with van der Waals surface area (Å²) in [4.78, 5) is 24.1. The third-order valence-corrected chi connectivity index (χ3v) is 3.60. The molecule has 1 fully saturated rings. The van der Waals surface area contributed by atoms with Crippen molar-refractivity contribution in [3.63, 3.8) is 0 Å². The molecule has 1 aromatic carbocycles. The summed E-state index contributed by atoms with van der Waals surface area (Å²) in [6.45, 7) is 0.382. The molecule has 1 aromatic rings. The molecule has 0 aromatic heterocycles. The predicted octanol–water partition coefficient (Wildman–Crippen LogP) is 1.87. The maximum Gasteiger partial charge on any atom is 0.326 e. The molecule has 1 amide bonds. The first kappa shape index (κ1) is 12.3. The molecule has 1 atom stereocenters. The SMILES string of the molecule is O=C(O)C1CCC(=O)N1Cc1ccc(I)cc1. The normalized spacial score (nSPS) is 19.7. The van der Waals surface area contributed by atoms with Crippen LogP contribution in [0.25, 0.3) is 0 Å². The number of hydrogen-bond acceptors (Lipinski definition) is 2. The van der Waals surface area contributed by atoms with Crippen LogP contribution < -0.4 is 0 Å². The highest BCUT2D eigenvalue weighted by Crippen LogP contribution is 2.21. The average molecular weight is 345 g/mol. The second-order valence-corrected chi connectivity index (χ2v) is 5.29. The number of aliphatic carboxylic acids is 1. The summed E-state index contributed by atoms with van der Waals surface area (Å²) in [7, 11) is 0. The van der Waals surface area contributed by atoms with Crippen molar-refractivity contribution in [2.24, 2.45) is 0 Å². The van der Waals surface area contributed by atoms with Gasteiger partial charge in [0.05, 0.1) is 0 Å². The van der Waals surface area contributed by atoms with E-state index in [-0.39, 0.29) is 5.91 Å². The lowest BCUT2D eigenvalue weighted by Crippen LogP contribution is -2.37. The van der Waals surface area contributed by atoms with Crippen LogP contribution in [0.1, 0.15) is 18.4 Å². The lowest BCUT2D eigenvalue weighted by Gasteiger charge is -2.21. The Morgan fingerprint density at radius 3 is 2.65 bits per heavy atom.